The molecular weight excluding hydrogens is 382 g/mol. The lowest BCUT2D eigenvalue weighted by Gasteiger charge is -2.10. The first kappa shape index (κ1) is 18.5. The summed E-state index contributed by atoms with van der Waals surface area (Å²) in [7, 11) is -4.65. The highest BCUT2D eigenvalue weighted by Gasteiger charge is 2.24. The molecule has 0 aliphatic carbocycles. The first-order valence-electron chi connectivity index (χ1n) is 7.49. The number of aryl methyl sites for hydroxylation is 1. The van der Waals surface area contributed by atoms with Gasteiger partial charge in [0.05, 0.1) is 5.39 Å². The number of anilines is 1. The van der Waals surface area contributed by atoms with Gasteiger partial charge < -0.3 is 9.73 Å². The maximum absolute atomic E-state index is 13.5. The predicted molar refractivity (Wildman–Crippen MR) is 92.9 cm³/mol. The number of urea groups is 1. The fourth-order valence-electron chi connectivity index (χ4n) is 2.41. The molecule has 0 spiro atoms. The second-order valence-corrected chi connectivity index (χ2v) is 7.19. The fraction of sp³-hybridized carbons (Fsp3) is 0.0588. The Morgan fingerprint density at radius 3 is 2.37 bits per heavy atom. The third-order valence-electron chi connectivity index (χ3n) is 3.68. The van der Waals surface area contributed by atoms with E-state index < -0.39 is 43.7 Å². The summed E-state index contributed by atoms with van der Waals surface area (Å²) >= 11 is 0. The number of halogens is 2. The third-order valence-corrected chi connectivity index (χ3v) is 5.00. The topological polar surface area (TPSA) is 105 Å². The van der Waals surface area contributed by atoms with Crippen LogP contribution in [0.4, 0.5) is 19.3 Å². The zero-order valence-electron chi connectivity index (χ0n) is 13.7. The molecule has 140 valence electrons. The SMILES string of the molecule is Cc1cccc2c(=O)c(S(=O)(=O)NC(=O)Nc3c(F)cccc3F)coc12. The number of para-hydroxylation sites is 2. The third kappa shape index (κ3) is 3.51. The highest BCUT2D eigenvalue weighted by atomic mass is 32.2. The molecule has 1 heterocycles. The smallest absolute Gasteiger partial charge is 0.333 e. The Hall–Kier alpha value is -3.27. The van der Waals surface area contributed by atoms with E-state index in [1.54, 1.807) is 24.4 Å². The summed E-state index contributed by atoms with van der Waals surface area (Å²) in [4.78, 5) is 23.5. The molecule has 0 aliphatic heterocycles. The fourth-order valence-corrected chi connectivity index (χ4v) is 3.34. The maximum Gasteiger partial charge on any atom is 0.333 e. The Kier molecular flexibility index (Phi) is 4.66. The lowest BCUT2D eigenvalue weighted by Crippen LogP contribution is -2.37. The van der Waals surface area contributed by atoms with Crippen molar-refractivity contribution >= 4 is 32.7 Å². The molecule has 0 saturated heterocycles. The van der Waals surface area contributed by atoms with Crippen LogP contribution in [0, 0.1) is 18.6 Å². The monoisotopic (exact) mass is 394 g/mol. The summed E-state index contributed by atoms with van der Waals surface area (Å²) in [6.45, 7) is 1.67. The Bertz CT molecular complexity index is 1200. The van der Waals surface area contributed by atoms with Crippen LogP contribution in [-0.4, -0.2) is 14.4 Å². The molecule has 3 rings (SSSR count). The zero-order valence-corrected chi connectivity index (χ0v) is 14.6. The molecule has 0 radical (unpaired) electrons. The van der Waals surface area contributed by atoms with E-state index in [4.69, 9.17) is 4.42 Å². The number of carbonyl (C=O) groups excluding carboxylic acids is 1. The number of carbonyl (C=O) groups is 1. The largest absolute Gasteiger partial charge is 0.462 e. The Labute approximate surface area is 151 Å². The molecule has 2 aromatic carbocycles. The van der Waals surface area contributed by atoms with Crippen molar-refractivity contribution in [1.29, 1.82) is 0 Å². The number of sulfonamides is 1. The van der Waals surface area contributed by atoms with Crippen molar-refractivity contribution in [2.45, 2.75) is 11.8 Å². The first-order chi connectivity index (χ1) is 12.7. The van der Waals surface area contributed by atoms with Gasteiger partial charge in [-0.25, -0.2) is 26.7 Å². The average Bonchev–Trinajstić information content (AvgIpc) is 2.59. The van der Waals surface area contributed by atoms with Gasteiger partial charge in [-0.3, -0.25) is 4.79 Å². The summed E-state index contributed by atoms with van der Waals surface area (Å²) in [6, 6.07) is 6.00. The number of fused-ring (bicyclic) bond motifs is 1. The van der Waals surface area contributed by atoms with Crippen LogP contribution in [0.25, 0.3) is 11.0 Å². The molecule has 0 aliphatic rings. The molecule has 3 aromatic rings. The highest BCUT2D eigenvalue weighted by molar-refractivity contribution is 7.90. The van der Waals surface area contributed by atoms with Crippen molar-refractivity contribution in [1.82, 2.24) is 4.72 Å². The van der Waals surface area contributed by atoms with Gasteiger partial charge in [0.1, 0.15) is 29.2 Å². The molecule has 0 atom stereocenters. The van der Waals surface area contributed by atoms with E-state index in [1.165, 1.54) is 10.8 Å². The van der Waals surface area contributed by atoms with E-state index in [9.17, 15) is 26.8 Å². The maximum atomic E-state index is 13.5. The van der Waals surface area contributed by atoms with Gasteiger partial charge in [-0.05, 0) is 30.7 Å². The summed E-state index contributed by atoms with van der Waals surface area (Å²) in [5.41, 5.74) is -0.877. The minimum Gasteiger partial charge on any atom is -0.462 e. The number of hydrogen-bond donors (Lipinski definition) is 2. The van der Waals surface area contributed by atoms with E-state index in [1.807, 2.05) is 0 Å². The van der Waals surface area contributed by atoms with Gasteiger partial charge in [0.2, 0.25) is 5.43 Å². The van der Waals surface area contributed by atoms with Gasteiger partial charge in [-0.15, -0.1) is 0 Å². The Balaban J connectivity index is 1.93. The van der Waals surface area contributed by atoms with E-state index in [-0.39, 0.29) is 11.0 Å². The normalized spacial score (nSPS) is 11.4. The van der Waals surface area contributed by atoms with Crippen LogP contribution in [0.15, 0.2) is 56.8 Å². The van der Waals surface area contributed by atoms with Gasteiger partial charge in [0, 0.05) is 0 Å². The zero-order chi connectivity index (χ0) is 19.8. The summed E-state index contributed by atoms with van der Waals surface area (Å²) in [6.07, 6.45) is 0.705. The molecule has 0 unspecified atom stereocenters. The van der Waals surface area contributed by atoms with Crippen LogP contribution in [0.2, 0.25) is 0 Å². The predicted octanol–water partition coefficient (Wildman–Crippen LogP) is 2.89. The number of rotatable bonds is 3. The van der Waals surface area contributed by atoms with Crippen LogP contribution >= 0.6 is 0 Å². The van der Waals surface area contributed by atoms with Crippen molar-refractivity contribution in [3.8, 4) is 0 Å². The minimum atomic E-state index is -4.65. The molecule has 27 heavy (non-hydrogen) atoms. The van der Waals surface area contributed by atoms with Crippen LogP contribution in [-0.2, 0) is 10.0 Å². The molecule has 0 fully saturated rings. The molecular formula is C17H12F2N2O5S. The summed E-state index contributed by atoms with van der Waals surface area (Å²) < 4.78 is 58.5. The first-order valence-corrected chi connectivity index (χ1v) is 8.98. The highest BCUT2D eigenvalue weighted by Crippen LogP contribution is 2.19. The number of amides is 2. The van der Waals surface area contributed by atoms with Gasteiger partial charge >= 0.3 is 6.03 Å². The standard InChI is InChI=1S/C17H12F2N2O5S/c1-9-4-2-5-10-15(22)13(8-26-16(9)10)27(24,25)21-17(23)20-14-11(18)6-3-7-12(14)19/h2-8H,1H3,(H2,20,21,23). The molecule has 0 saturated carbocycles. The number of benzene rings is 2. The van der Waals surface area contributed by atoms with E-state index in [2.05, 4.69) is 0 Å². The lowest BCUT2D eigenvalue weighted by atomic mass is 10.1. The molecule has 0 bridgehead atoms. The van der Waals surface area contributed by atoms with Crippen LogP contribution in [0.3, 0.4) is 0 Å². The van der Waals surface area contributed by atoms with Gasteiger partial charge in [-0.2, -0.15) is 0 Å². The Morgan fingerprint density at radius 1 is 1.07 bits per heavy atom. The molecule has 7 nitrogen and oxygen atoms in total. The molecule has 1 aromatic heterocycles. The molecule has 10 heteroatoms. The van der Waals surface area contributed by atoms with Crippen molar-refractivity contribution < 1.29 is 26.4 Å². The molecule has 2 amide bonds. The van der Waals surface area contributed by atoms with Crippen LogP contribution in [0.5, 0.6) is 0 Å². The van der Waals surface area contributed by atoms with Gasteiger partial charge in [0.15, 0.2) is 4.90 Å². The number of nitrogens with one attached hydrogen (secondary N) is 2. The minimum absolute atomic E-state index is 0.0124. The van der Waals surface area contributed by atoms with Crippen LogP contribution < -0.4 is 15.5 Å². The summed E-state index contributed by atoms with van der Waals surface area (Å²) in [5.74, 6) is -2.19. The summed E-state index contributed by atoms with van der Waals surface area (Å²) in [5, 5.41) is 1.77. The van der Waals surface area contributed by atoms with Crippen molar-refractivity contribution in [3.63, 3.8) is 0 Å². The van der Waals surface area contributed by atoms with E-state index in [0.29, 0.717) is 11.8 Å². The van der Waals surface area contributed by atoms with Crippen molar-refractivity contribution in [2.75, 3.05) is 5.32 Å². The average molecular weight is 394 g/mol. The van der Waals surface area contributed by atoms with Crippen LogP contribution in [0.1, 0.15) is 5.56 Å². The quantitative estimate of drug-likeness (QED) is 0.711. The van der Waals surface area contributed by atoms with E-state index >= 15 is 0 Å². The lowest BCUT2D eigenvalue weighted by molar-refractivity contribution is 0.256. The van der Waals surface area contributed by atoms with E-state index in [0.717, 1.165) is 18.2 Å². The van der Waals surface area contributed by atoms with Gasteiger partial charge in [0.25, 0.3) is 10.0 Å². The molecule has 2 N–H and O–H groups in total. The van der Waals surface area contributed by atoms with Crippen molar-refractivity contribution in [3.05, 3.63) is 70.1 Å². The Morgan fingerprint density at radius 2 is 1.70 bits per heavy atom. The van der Waals surface area contributed by atoms with Crippen molar-refractivity contribution in [2.24, 2.45) is 0 Å². The van der Waals surface area contributed by atoms with Gasteiger partial charge in [-0.1, -0.05) is 18.2 Å². The number of hydrogen-bond acceptors (Lipinski definition) is 5. The second-order valence-electron chi connectivity index (χ2n) is 5.54. The second kappa shape index (κ2) is 6.80.